The van der Waals surface area contributed by atoms with Gasteiger partial charge < -0.3 is 15.0 Å². The summed E-state index contributed by atoms with van der Waals surface area (Å²) >= 11 is 0. The summed E-state index contributed by atoms with van der Waals surface area (Å²) in [5.74, 6) is 1.88. The average Bonchev–Trinajstić information content (AvgIpc) is 3.51. The molecule has 0 unspecified atom stereocenters. The predicted molar refractivity (Wildman–Crippen MR) is 126 cm³/mol. The largest absolute Gasteiger partial charge is 0.497 e. The van der Waals surface area contributed by atoms with Crippen LogP contribution in [0.2, 0.25) is 0 Å². The number of hydrogen-bond donors (Lipinski definition) is 2. The molecule has 168 valence electrons. The van der Waals surface area contributed by atoms with E-state index in [0.717, 1.165) is 52.5 Å². The van der Waals surface area contributed by atoms with Gasteiger partial charge in [-0.1, -0.05) is 18.2 Å². The van der Waals surface area contributed by atoms with Gasteiger partial charge in [-0.05, 0) is 48.4 Å². The molecule has 4 heterocycles. The predicted octanol–water partition coefficient (Wildman–Crippen LogP) is 3.53. The number of anilines is 1. The lowest BCUT2D eigenvalue weighted by atomic mass is 10.0. The summed E-state index contributed by atoms with van der Waals surface area (Å²) in [6, 6.07) is 17.6. The van der Waals surface area contributed by atoms with Crippen LogP contribution in [0.1, 0.15) is 29.3 Å². The summed E-state index contributed by atoms with van der Waals surface area (Å²) in [6.07, 6.45) is 3.06. The Bertz CT molecular complexity index is 1260. The fraction of sp³-hybridized carbons (Fsp3) is 0.280. The van der Waals surface area contributed by atoms with Crippen LogP contribution in [0.25, 0.3) is 11.0 Å². The second-order valence-corrected chi connectivity index (χ2v) is 8.23. The number of pyridine rings is 2. The van der Waals surface area contributed by atoms with Crippen molar-refractivity contribution >= 4 is 22.8 Å². The third kappa shape index (κ3) is 4.64. The van der Waals surface area contributed by atoms with E-state index in [0.29, 0.717) is 19.5 Å². The van der Waals surface area contributed by atoms with Crippen molar-refractivity contribution in [2.45, 2.75) is 25.3 Å². The number of H-pyrrole nitrogens is 1. The van der Waals surface area contributed by atoms with E-state index in [4.69, 9.17) is 9.72 Å². The zero-order chi connectivity index (χ0) is 22.6. The normalized spacial score (nSPS) is 15.7. The Kier molecular flexibility index (Phi) is 5.89. The molecule has 5 rings (SSSR count). The van der Waals surface area contributed by atoms with E-state index in [2.05, 4.69) is 20.5 Å². The first-order valence-electron chi connectivity index (χ1n) is 11.1. The van der Waals surface area contributed by atoms with Crippen LogP contribution < -0.4 is 10.1 Å². The lowest BCUT2D eigenvalue weighted by molar-refractivity contribution is -0.129. The average molecular weight is 443 g/mol. The molecule has 0 aliphatic carbocycles. The van der Waals surface area contributed by atoms with E-state index in [-0.39, 0.29) is 11.8 Å². The molecular weight excluding hydrogens is 416 g/mol. The topological polar surface area (TPSA) is 96.0 Å². The lowest BCUT2D eigenvalue weighted by Gasteiger charge is -2.17. The molecule has 3 aromatic heterocycles. The zero-order valence-electron chi connectivity index (χ0n) is 18.5. The third-order valence-electron chi connectivity index (χ3n) is 6.06. The summed E-state index contributed by atoms with van der Waals surface area (Å²) < 4.78 is 5.26. The molecule has 1 saturated heterocycles. The molecule has 8 nitrogen and oxygen atoms in total. The number of fused-ring (bicyclic) bond motifs is 1. The molecule has 0 bridgehead atoms. The minimum atomic E-state index is 0.134. The van der Waals surface area contributed by atoms with Gasteiger partial charge in [0.2, 0.25) is 5.91 Å². The van der Waals surface area contributed by atoms with Crippen molar-refractivity contribution in [3.05, 3.63) is 77.7 Å². The highest BCUT2D eigenvalue weighted by molar-refractivity contribution is 5.87. The number of aromatic amines is 1. The van der Waals surface area contributed by atoms with Gasteiger partial charge in [-0.25, -0.2) is 4.98 Å². The van der Waals surface area contributed by atoms with Crippen molar-refractivity contribution in [1.29, 1.82) is 0 Å². The van der Waals surface area contributed by atoms with Crippen LogP contribution in [0, 0.1) is 0 Å². The monoisotopic (exact) mass is 442 g/mol. The van der Waals surface area contributed by atoms with Crippen LogP contribution >= 0.6 is 0 Å². The maximum absolute atomic E-state index is 12.8. The van der Waals surface area contributed by atoms with E-state index in [9.17, 15) is 4.79 Å². The highest BCUT2D eigenvalue weighted by Gasteiger charge is 2.28. The molecule has 1 aliphatic heterocycles. The van der Waals surface area contributed by atoms with Crippen molar-refractivity contribution in [2.24, 2.45) is 0 Å². The van der Waals surface area contributed by atoms with Gasteiger partial charge in [0.05, 0.1) is 31.2 Å². The van der Waals surface area contributed by atoms with Crippen LogP contribution in [-0.2, 0) is 17.8 Å². The Hall–Kier alpha value is -3.94. The molecule has 0 spiro atoms. The van der Waals surface area contributed by atoms with Gasteiger partial charge in [0.25, 0.3) is 0 Å². The van der Waals surface area contributed by atoms with Gasteiger partial charge >= 0.3 is 0 Å². The van der Waals surface area contributed by atoms with Gasteiger partial charge in [-0.3, -0.25) is 14.9 Å². The summed E-state index contributed by atoms with van der Waals surface area (Å²) in [7, 11) is 1.63. The molecule has 0 radical (unpaired) electrons. The van der Waals surface area contributed by atoms with Crippen molar-refractivity contribution < 1.29 is 9.53 Å². The maximum Gasteiger partial charge on any atom is 0.227 e. The van der Waals surface area contributed by atoms with Crippen LogP contribution in [-0.4, -0.2) is 51.2 Å². The molecule has 1 aliphatic rings. The van der Waals surface area contributed by atoms with E-state index in [1.54, 1.807) is 13.3 Å². The Morgan fingerprint density at radius 2 is 2.15 bits per heavy atom. The van der Waals surface area contributed by atoms with Crippen LogP contribution in [0.5, 0.6) is 5.75 Å². The number of ether oxygens (including phenoxy) is 1. The number of carbonyl (C=O) groups excluding carboxylic acids is 1. The van der Waals surface area contributed by atoms with Crippen LogP contribution in [0.4, 0.5) is 5.82 Å². The van der Waals surface area contributed by atoms with Gasteiger partial charge in [0.1, 0.15) is 5.75 Å². The highest BCUT2D eigenvalue weighted by atomic mass is 16.5. The molecule has 33 heavy (non-hydrogen) atoms. The first-order valence-corrected chi connectivity index (χ1v) is 11.1. The molecule has 0 saturated carbocycles. The standard InChI is InChI=1S/C25H26N6O2/c1-33-20-7-4-5-17(13-20)14-23(32)31-12-10-18(16-31)22-9-8-21-24(29-30-25(21)28-22)27-15-19-6-2-3-11-26-19/h2-9,11,13,18H,10,12,14-16H2,1H3,(H2,27,28,29,30)/t18-/m1/s1. The summed E-state index contributed by atoms with van der Waals surface area (Å²) in [4.78, 5) is 23.9. The number of benzene rings is 1. The van der Waals surface area contributed by atoms with Crippen LogP contribution in [0.15, 0.2) is 60.8 Å². The smallest absolute Gasteiger partial charge is 0.227 e. The van der Waals surface area contributed by atoms with Crippen molar-refractivity contribution in [2.75, 3.05) is 25.5 Å². The number of amides is 1. The van der Waals surface area contributed by atoms with Gasteiger partial charge in [0, 0.05) is 30.9 Å². The number of nitrogens with zero attached hydrogens (tertiary/aromatic N) is 4. The second kappa shape index (κ2) is 9.28. The first-order chi connectivity index (χ1) is 16.2. The summed E-state index contributed by atoms with van der Waals surface area (Å²) in [5.41, 5.74) is 3.64. The fourth-order valence-corrected chi connectivity index (χ4v) is 4.26. The number of aromatic nitrogens is 4. The Balaban J connectivity index is 1.23. The minimum Gasteiger partial charge on any atom is -0.497 e. The molecule has 1 fully saturated rings. The van der Waals surface area contributed by atoms with E-state index in [1.165, 1.54) is 0 Å². The zero-order valence-corrected chi connectivity index (χ0v) is 18.5. The summed E-state index contributed by atoms with van der Waals surface area (Å²) in [6.45, 7) is 2.02. The Labute approximate surface area is 192 Å². The van der Waals surface area contributed by atoms with Crippen molar-refractivity contribution in [3.8, 4) is 5.75 Å². The lowest BCUT2D eigenvalue weighted by Crippen LogP contribution is -2.29. The quantitative estimate of drug-likeness (QED) is 0.455. The first kappa shape index (κ1) is 20.9. The number of methoxy groups -OCH3 is 1. The minimum absolute atomic E-state index is 0.134. The Morgan fingerprint density at radius 1 is 1.21 bits per heavy atom. The molecule has 1 aromatic carbocycles. The third-order valence-corrected chi connectivity index (χ3v) is 6.06. The summed E-state index contributed by atoms with van der Waals surface area (Å²) in [5, 5.41) is 11.7. The molecule has 4 aromatic rings. The van der Waals surface area contributed by atoms with Crippen molar-refractivity contribution in [3.63, 3.8) is 0 Å². The van der Waals surface area contributed by atoms with Gasteiger partial charge in [0.15, 0.2) is 11.5 Å². The fourth-order valence-electron chi connectivity index (χ4n) is 4.26. The maximum atomic E-state index is 12.8. The highest BCUT2D eigenvalue weighted by Crippen LogP contribution is 2.29. The van der Waals surface area contributed by atoms with Crippen molar-refractivity contribution in [1.82, 2.24) is 25.1 Å². The number of hydrogen-bond acceptors (Lipinski definition) is 6. The van der Waals surface area contributed by atoms with Gasteiger partial charge in [-0.2, -0.15) is 5.10 Å². The second-order valence-electron chi connectivity index (χ2n) is 8.23. The Morgan fingerprint density at radius 3 is 3.00 bits per heavy atom. The molecule has 2 N–H and O–H groups in total. The molecule has 1 amide bonds. The van der Waals surface area contributed by atoms with E-state index >= 15 is 0 Å². The van der Waals surface area contributed by atoms with E-state index in [1.807, 2.05) is 59.5 Å². The van der Waals surface area contributed by atoms with Crippen LogP contribution in [0.3, 0.4) is 0 Å². The SMILES string of the molecule is COc1cccc(CC(=O)N2CC[C@@H](c3ccc4c(NCc5ccccn5)n[nH]c4n3)C2)c1. The number of rotatable bonds is 7. The van der Waals surface area contributed by atoms with Gasteiger partial charge in [-0.15, -0.1) is 0 Å². The number of carbonyl (C=O) groups is 1. The van der Waals surface area contributed by atoms with E-state index < -0.39 is 0 Å². The molecule has 8 heteroatoms. The number of nitrogens with one attached hydrogen (secondary N) is 2. The molecular formula is C25H26N6O2. The molecule has 1 atom stereocenters. The number of likely N-dealkylation sites (tertiary alicyclic amines) is 1.